The number of ether oxygens (including phenoxy) is 1. The number of benzene rings is 2. The third-order valence-corrected chi connectivity index (χ3v) is 4.56. The van der Waals surface area contributed by atoms with Gasteiger partial charge in [0.2, 0.25) is 0 Å². The number of carbonyl (C=O) groups is 1. The molecule has 0 atom stereocenters. The number of nitrogens with one attached hydrogen (secondary N) is 1. The fraction of sp³-hybridized carbons (Fsp3) is 0.0667. The minimum absolute atomic E-state index is 0.0618. The molecule has 2 N–H and O–H groups in total. The zero-order chi connectivity index (χ0) is 17.7. The third kappa shape index (κ3) is 5.37. The van der Waals surface area contributed by atoms with E-state index in [2.05, 4.69) is 42.4 Å². The van der Waals surface area contributed by atoms with Crippen LogP contribution >= 0.6 is 55.1 Å². The Bertz CT molecular complexity index is 801. The van der Waals surface area contributed by atoms with Crippen molar-refractivity contribution in [3.8, 4) is 11.5 Å². The van der Waals surface area contributed by atoms with E-state index < -0.39 is 5.91 Å². The summed E-state index contributed by atoms with van der Waals surface area (Å²) < 4.78 is 6.53. The highest BCUT2D eigenvalue weighted by atomic mass is 79.9. The fourth-order valence-electron chi connectivity index (χ4n) is 1.59. The van der Waals surface area contributed by atoms with E-state index in [9.17, 15) is 9.90 Å². The van der Waals surface area contributed by atoms with Gasteiger partial charge in [0.05, 0.1) is 15.7 Å². The predicted octanol–water partition coefficient (Wildman–Crippen LogP) is 4.75. The van der Waals surface area contributed by atoms with E-state index >= 15 is 0 Å². The molecule has 1 amide bonds. The van der Waals surface area contributed by atoms with Crippen LogP contribution in [0.2, 0.25) is 10.0 Å². The molecule has 0 aromatic heterocycles. The molecule has 0 heterocycles. The van der Waals surface area contributed by atoms with Crippen molar-refractivity contribution >= 4 is 67.2 Å². The Morgan fingerprint density at radius 3 is 2.71 bits per heavy atom. The first-order valence-corrected chi connectivity index (χ1v) is 8.79. The number of halogens is 4. The van der Waals surface area contributed by atoms with Crippen molar-refractivity contribution in [3.05, 3.63) is 54.9 Å². The number of hydrazone groups is 1. The summed E-state index contributed by atoms with van der Waals surface area (Å²) in [5.74, 6) is -0.0535. The zero-order valence-corrected chi connectivity index (χ0v) is 16.6. The van der Waals surface area contributed by atoms with E-state index in [-0.39, 0.29) is 12.4 Å². The van der Waals surface area contributed by atoms with Crippen LogP contribution in [0.15, 0.2) is 44.4 Å². The second kappa shape index (κ2) is 8.71. The molecular formula is C15H10Br2Cl2N2O3. The number of nitrogens with zero attached hydrogens (tertiary/aromatic N) is 1. The van der Waals surface area contributed by atoms with E-state index in [0.717, 1.165) is 0 Å². The van der Waals surface area contributed by atoms with Crippen LogP contribution < -0.4 is 10.2 Å². The van der Waals surface area contributed by atoms with Crippen molar-refractivity contribution in [2.24, 2.45) is 5.10 Å². The summed E-state index contributed by atoms with van der Waals surface area (Å²) in [4.78, 5) is 11.7. The number of carbonyl (C=O) groups excluding carboxylic acids is 1. The van der Waals surface area contributed by atoms with Crippen molar-refractivity contribution in [1.29, 1.82) is 0 Å². The SMILES string of the molecule is O=C(COc1ccc(Cl)cc1Cl)N/N=C/c1cc(O)c(Br)cc1Br. The molecule has 0 aliphatic rings. The van der Waals surface area contributed by atoms with E-state index in [0.29, 0.717) is 30.3 Å². The van der Waals surface area contributed by atoms with Crippen molar-refractivity contribution in [2.45, 2.75) is 0 Å². The van der Waals surface area contributed by atoms with E-state index in [1.165, 1.54) is 18.3 Å². The van der Waals surface area contributed by atoms with Gasteiger partial charge in [-0.05, 0) is 46.3 Å². The summed E-state index contributed by atoms with van der Waals surface area (Å²) in [5, 5.41) is 14.2. The number of phenols is 1. The molecule has 5 nitrogen and oxygen atoms in total. The van der Waals surface area contributed by atoms with Crippen molar-refractivity contribution in [1.82, 2.24) is 5.43 Å². The molecule has 2 aromatic carbocycles. The number of aromatic hydroxyl groups is 1. The van der Waals surface area contributed by atoms with E-state index in [1.807, 2.05) is 0 Å². The predicted molar refractivity (Wildman–Crippen MR) is 101 cm³/mol. The molecule has 0 spiro atoms. The fourth-order valence-corrected chi connectivity index (χ4v) is 3.15. The quantitative estimate of drug-likeness (QED) is 0.463. The minimum Gasteiger partial charge on any atom is -0.507 e. The van der Waals surface area contributed by atoms with Gasteiger partial charge in [-0.3, -0.25) is 4.79 Å². The highest BCUT2D eigenvalue weighted by Crippen LogP contribution is 2.29. The summed E-state index contributed by atoms with van der Waals surface area (Å²) in [6.07, 6.45) is 1.39. The van der Waals surface area contributed by atoms with Gasteiger partial charge in [-0.1, -0.05) is 39.1 Å². The molecule has 2 rings (SSSR count). The number of amides is 1. The monoisotopic (exact) mass is 494 g/mol. The molecule has 0 saturated heterocycles. The van der Waals surface area contributed by atoms with Gasteiger partial charge in [-0.25, -0.2) is 5.43 Å². The van der Waals surface area contributed by atoms with Crippen LogP contribution in [0.1, 0.15) is 5.56 Å². The first kappa shape index (κ1) is 19.1. The molecule has 24 heavy (non-hydrogen) atoms. The number of hydrogen-bond donors (Lipinski definition) is 2. The second-order valence-corrected chi connectivity index (χ2v) is 7.03. The summed E-state index contributed by atoms with van der Waals surface area (Å²) >= 11 is 18.2. The first-order valence-electron chi connectivity index (χ1n) is 6.44. The molecule has 0 fully saturated rings. The van der Waals surface area contributed by atoms with Gasteiger partial charge >= 0.3 is 0 Å². The van der Waals surface area contributed by atoms with Crippen LogP contribution in [0.4, 0.5) is 0 Å². The lowest BCUT2D eigenvalue weighted by Gasteiger charge is -2.07. The van der Waals surface area contributed by atoms with Gasteiger partial charge in [-0.15, -0.1) is 0 Å². The Labute approximate surface area is 164 Å². The molecule has 0 radical (unpaired) electrons. The van der Waals surface area contributed by atoms with Crippen LogP contribution in [-0.2, 0) is 4.79 Å². The van der Waals surface area contributed by atoms with Gasteiger partial charge in [0.1, 0.15) is 11.5 Å². The maximum Gasteiger partial charge on any atom is 0.277 e. The van der Waals surface area contributed by atoms with Crippen molar-refractivity contribution < 1.29 is 14.6 Å². The van der Waals surface area contributed by atoms with E-state index in [1.54, 1.807) is 18.2 Å². The summed E-state index contributed by atoms with van der Waals surface area (Å²) in [6, 6.07) is 7.86. The summed E-state index contributed by atoms with van der Waals surface area (Å²) in [7, 11) is 0. The molecule has 9 heteroatoms. The molecular weight excluding hydrogens is 487 g/mol. The molecule has 0 bridgehead atoms. The third-order valence-electron chi connectivity index (χ3n) is 2.71. The topological polar surface area (TPSA) is 70.9 Å². The second-order valence-electron chi connectivity index (χ2n) is 4.48. The Kier molecular flexibility index (Phi) is 6.91. The Balaban J connectivity index is 1.90. The number of phenolic OH excluding ortho intramolecular Hbond substituents is 1. The number of rotatable bonds is 5. The molecule has 126 valence electrons. The first-order chi connectivity index (χ1) is 11.4. The van der Waals surface area contributed by atoms with Gasteiger partial charge in [0.25, 0.3) is 5.91 Å². The van der Waals surface area contributed by atoms with Crippen LogP contribution in [0.25, 0.3) is 0 Å². The Morgan fingerprint density at radius 2 is 2.00 bits per heavy atom. The largest absolute Gasteiger partial charge is 0.507 e. The summed E-state index contributed by atoms with van der Waals surface area (Å²) in [6.45, 7) is -0.258. The standard InChI is InChI=1S/C15H10Br2Cl2N2O3/c16-10-5-11(17)13(22)3-8(10)6-20-21-15(23)7-24-14-2-1-9(18)4-12(14)19/h1-6,22H,7H2,(H,21,23)/b20-6+. The molecule has 2 aromatic rings. The normalized spacial score (nSPS) is 10.8. The van der Waals surface area contributed by atoms with Crippen molar-refractivity contribution in [2.75, 3.05) is 6.61 Å². The molecule has 0 unspecified atom stereocenters. The van der Waals surface area contributed by atoms with Crippen LogP contribution in [0, 0.1) is 0 Å². The molecule has 0 aliphatic heterocycles. The Hall–Kier alpha value is -1.28. The van der Waals surface area contributed by atoms with E-state index in [4.69, 9.17) is 27.9 Å². The van der Waals surface area contributed by atoms with Gasteiger partial charge in [0, 0.05) is 15.1 Å². The zero-order valence-electron chi connectivity index (χ0n) is 11.9. The average Bonchev–Trinajstić information content (AvgIpc) is 2.51. The van der Waals surface area contributed by atoms with Crippen LogP contribution in [0.3, 0.4) is 0 Å². The highest BCUT2D eigenvalue weighted by Gasteiger charge is 2.07. The number of hydrogen-bond acceptors (Lipinski definition) is 4. The van der Waals surface area contributed by atoms with Crippen LogP contribution in [-0.4, -0.2) is 23.8 Å². The Morgan fingerprint density at radius 1 is 1.25 bits per heavy atom. The minimum atomic E-state index is -0.463. The lowest BCUT2D eigenvalue weighted by atomic mass is 10.2. The maximum atomic E-state index is 11.7. The van der Waals surface area contributed by atoms with Gasteiger partial charge < -0.3 is 9.84 Å². The smallest absolute Gasteiger partial charge is 0.277 e. The lowest BCUT2D eigenvalue weighted by Crippen LogP contribution is -2.24. The average molecular weight is 497 g/mol. The lowest BCUT2D eigenvalue weighted by molar-refractivity contribution is -0.123. The highest BCUT2D eigenvalue weighted by molar-refractivity contribution is 9.11. The molecule has 0 aliphatic carbocycles. The van der Waals surface area contributed by atoms with Gasteiger partial charge in [-0.2, -0.15) is 5.10 Å². The summed E-state index contributed by atoms with van der Waals surface area (Å²) in [5.41, 5.74) is 2.91. The van der Waals surface area contributed by atoms with Crippen LogP contribution in [0.5, 0.6) is 11.5 Å². The maximum absolute atomic E-state index is 11.7. The van der Waals surface area contributed by atoms with Crippen molar-refractivity contribution in [3.63, 3.8) is 0 Å². The molecule has 0 saturated carbocycles. The van der Waals surface area contributed by atoms with Gasteiger partial charge in [0.15, 0.2) is 6.61 Å².